The molecule has 0 spiro atoms. The van der Waals surface area contributed by atoms with E-state index in [4.69, 9.17) is 4.74 Å². The summed E-state index contributed by atoms with van der Waals surface area (Å²) in [5.74, 6) is 0.138. The molecule has 0 radical (unpaired) electrons. The molecule has 8 heteroatoms. The number of hydrogen-bond acceptors (Lipinski definition) is 5. The molecule has 0 unspecified atom stereocenters. The fraction of sp³-hybridized carbons (Fsp3) is 0.444. The van der Waals surface area contributed by atoms with E-state index in [1.165, 1.54) is 0 Å². The van der Waals surface area contributed by atoms with E-state index in [2.05, 4.69) is 10.2 Å². The Kier molecular flexibility index (Phi) is 6.61. The van der Waals surface area contributed by atoms with Crippen LogP contribution in [-0.4, -0.2) is 62.0 Å². The SMILES string of the molecule is COc1ccccc1NC(=O)CN1C(=O)[C@@H]2CCCCN2c2ccc(C(=O)N3CCCCC3)cc21. The second-order valence-electron chi connectivity index (χ2n) is 9.43. The van der Waals surface area contributed by atoms with E-state index in [1.807, 2.05) is 29.2 Å². The van der Waals surface area contributed by atoms with Gasteiger partial charge in [0.2, 0.25) is 11.8 Å². The Balaban J connectivity index is 1.45. The van der Waals surface area contributed by atoms with Crippen molar-refractivity contribution in [3.8, 4) is 5.75 Å². The number of likely N-dealkylation sites (tertiary alicyclic amines) is 1. The Morgan fingerprint density at radius 3 is 2.54 bits per heavy atom. The predicted octanol–water partition coefficient (Wildman–Crippen LogP) is 3.67. The molecule has 3 amide bonds. The van der Waals surface area contributed by atoms with Crippen molar-refractivity contribution in [3.05, 3.63) is 48.0 Å². The van der Waals surface area contributed by atoms with E-state index in [0.717, 1.165) is 63.8 Å². The predicted molar refractivity (Wildman–Crippen MR) is 135 cm³/mol. The number of benzene rings is 2. The van der Waals surface area contributed by atoms with Gasteiger partial charge in [0.15, 0.2) is 0 Å². The Labute approximate surface area is 205 Å². The summed E-state index contributed by atoms with van der Waals surface area (Å²) in [6.45, 7) is 2.18. The maximum atomic E-state index is 13.6. The van der Waals surface area contributed by atoms with Crippen molar-refractivity contribution in [1.29, 1.82) is 0 Å². The number of anilines is 3. The molecule has 0 aliphatic carbocycles. The zero-order valence-electron chi connectivity index (χ0n) is 20.2. The zero-order chi connectivity index (χ0) is 24.4. The summed E-state index contributed by atoms with van der Waals surface area (Å²) >= 11 is 0. The smallest absolute Gasteiger partial charge is 0.253 e. The summed E-state index contributed by atoms with van der Waals surface area (Å²) in [5, 5.41) is 2.87. The van der Waals surface area contributed by atoms with Gasteiger partial charge >= 0.3 is 0 Å². The lowest BCUT2D eigenvalue weighted by molar-refractivity contribution is -0.123. The third-order valence-corrected chi connectivity index (χ3v) is 7.20. The third kappa shape index (κ3) is 4.57. The van der Waals surface area contributed by atoms with Crippen LogP contribution >= 0.6 is 0 Å². The Morgan fingerprint density at radius 1 is 0.971 bits per heavy atom. The van der Waals surface area contributed by atoms with Gasteiger partial charge in [-0.15, -0.1) is 0 Å². The number of para-hydroxylation sites is 2. The number of rotatable bonds is 5. The highest BCUT2D eigenvalue weighted by atomic mass is 16.5. The van der Waals surface area contributed by atoms with Gasteiger partial charge in [-0.25, -0.2) is 0 Å². The second kappa shape index (κ2) is 9.98. The molecule has 184 valence electrons. The fourth-order valence-electron chi connectivity index (χ4n) is 5.41. The van der Waals surface area contributed by atoms with Crippen molar-refractivity contribution >= 4 is 34.8 Å². The summed E-state index contributed by atoms with van der Waals surface area (Å²) < 4.78 is 5.34. The van der Waals surface area contributed by atoms with Crippen LogP contribution in [0.25, 0.3) is 0 Å². The number of carbonyl (C=O) groups is 3. The highest BCUT2D eigenvalue weighted by Gasteiger charge is 2.40. The number of ether oxygens (including phenoxy) is 1. The number of nitrogens with zero attached hydrogens (tertiary/aromatic N) is 3. The molecule has 8 nitrogen and oxygen atoms in total. The topological polar surface area (TPSA) is 82.2 Å². The normalized spacial score (nSPS) is 19.6. The monoisotopic (exact) mass is 476 g/mol. The number of amides is 3. The molecule has 2 fully saturated rings. The van der Waals surface area contributed by atoms with Crippen LogP contribution in [0.15, 0.2) is 42.5 Å². The Morgan fingerprint density at radius 2 is 1.74 bits per heavy atom. The lowest BCUT2D eigenvalue weighted by Crippen LogP contribution is -2.56. The van der Waals surface area contributed by atoms with Gasteiger partial charge in [0.25, 0.3) is 5.91 Å². The minimum absolute atomic E-state index is 0.0147. The lowest BCUT2D eigenvalue weighted by Gasteiger charge is -2.45. The van der Waals surface area contributed by atoms with Crippen LogP contribution in [0.1, 0.15) is 48.9 Å². The first-order chi connectivity index (χ1) is 17.1. The average Bonchev–Trinajstić information content (AvgIpc) is 2.91. The summed E-state index contributed by atoms with van der Waals surface area (Å²) in [6.07, 6.45) is 5.94. The first kappa shape index (κ1) is 23.2. The van der Waals surface area contributed by atoms with Crippen molar-refractivity contribution in [2.75, 3.05) is 48.4 Å². The molecule has 1 N–H and O–H groups in total. The van der Waals surface area contributed by atoms with Gasteiger partial charge in [0.05, 0.1) is 24.2 Å². The number of methoxy groups -OCH3 is 1. The van der Waals surface area contributed by atoms with Crippen LogP contribution in [-0.2, 0) is 9.59 Å². The van der Waals surface area contributed by atoms with E-state index >= 15 is 0 Å². The van der Waals surface area contributed by atoms with Crippen LogP contribution in [0.5, 0.6) is 5.75 Å². The van der Waals surface area contributed by atoms with Crippen molar-refractivity contribution in [3.63, 3.8) is 0 Å². The Hall–Kier alpha value is -3.55. The molecule has 3 heterocycles. The third-order valence-electron chi connectivity index (χ3n) is 7.20. The van der Waals surface area contributed by atoms with Crippen LogP contribution in [0.3, 0.4) is 0 Å². The van der Waals surface area contributed by atoms with Crippen molar-refractivity contribution in [2.24, 2.45) is 0 Å². The number of hydrogen-bond donors (Lipinski definition) is 1. The fourth-order valence-corrected chi connectivity index (χ4v) is 5.41. The minimum Gasteiger partial charge on any atom is -0.495 e. The number of fused-ring (bicyclic) bond motifs is 3. The number of piperidine rings is 2. The summed E-state index contributed by atoms with van der Waals surface area (Å²) in [7, 11) is 1.55. The molecule has 0 aromatic heterocycles. The highest BCUT2D eigenvalue weighted by molar-refractivity contribution is 6.11. The lowest BCUT2D eigenvalue weighted by atomic mass is 9.95. The van der Waals surface area contributed by atoms with Crippen LogP contribution < -0.4 is 19.9 Å². The molecule has 2 aromatic rings. The van der Waals surface area contributed by atoms with Gasteiger partial charge in [0, 0.05) is 25.2 Å². The molecule has 3 aliphatic heterocycles. The average molecular weight is 477 g/mol. The van der Waals surface area contributed by atoms with Crippen molar-refractivity contribution < 1.29 is 19.1 Å². The Bertz CT molecular complexity index is 1130. The quantitative estimate of drug-likeness (QED) is 0.712. The first-order valence-corrected chi connectivity index (χ1v) is 12.5. The molecule has 5 rings (SSSR count). The van der Waals surface area contributed by atoms with E-state index in [-0.39, 0.29) is 30.3 Å². The largest absolute Gasteiger partial charge is 0.495 e. The van der Waals surface area contributed by atoms with Gasteiger partial charge in [-0.3, -0.25) is 19.3 Å². The molecular formula is C27H32N4O4. The molecule has 0 bridgehead atoms. The molecule has 2 aromatic carbocycles. The molecule has 3 aliphatic rings. The van der Waals surface area contributed by atoms with Crippen molar-refractivity contribution in [1.82, 2.24) is 4.90 Å². The molecule has 35 heavy (non-hydrogen) atoms. The summed E-state index contributed by atoms with van der Waals surface area (Å²) in [4.78, 5) is 45.5. The molecular weight excluding hydrogens is 444 g/mol. The maximum Gasteiger partial charge on any atom is 0.253 e. The number of nitrogens with one attached hydrogen (secondary N) is 1. The van der Waals surface area contributed by atoms with Gasteiger partial charge in [-0.05, 0) is 68.9 Å². The molecule has 0 saturated carbocycles. The van der Waals surface area contributed by atoms with Gasteiger partial charge < -0.3 is 19.9 Å². The van der Waals surface area contributed by atoms with E-state index in [1.54, 1.807) is 30.2 Å². The van der Waals surface area contributed by atoms with Gasteiger partial charge in [-0.2, -0.15) is 0 Å². The molecule has 1 atom stereocenters. The van der Waals surface area contributed by atoms with Crippen LogP contribution in [0.4, 0.5) is 17.1 Å². The standard InChI is InChI=1S/C27H32N4O4/c1-35-24-11-4-3-9-20(24)28-25(32)18-31-23-17-19(26(33)29-14-6-2-7-15-29)12-13-21(23)30-16-8-5-10-22(30)27(31)34/h3-4,9,11-13,17,22H,2,5-8,10,14-16,18H2,1H3,(H,28,32)/t22-/m0/s1. The van der Waals surface area contributed by atoms with E-state index in [9.17, 15) is 14.4 Å². The zero-order valence-corrected chi connectivity index (χ0v) is 20.2. The minimum atomic E-state index is -0.314. The van der Waals surface area contributed by atoms with Crippen LogP contribution in [0.2, 0.25) is 0 Å². The van der Waals surface area contributed by atoms with E-state index in [0.29, 0.717) is 22.7 Å². The van der Waals surface area contributed by atoms with Gasteiger partial charge in [-0.1, -0.05) is 12.1 Å². The summed E-state index contributed by atoms with van der Waals surface area (Å²) in [5.41, 5.74) is 2.66. The summed E-state index contributed by atoms with van der Waals surface area (Å²) in [6, 6.07) is 12.5. The number of carbonyl (C=O) groups excluding carboxylic acids is 3. The highest BCUT2D eigenvalue weighted by Crippen LogP contribution is 2.40. The van der Waals surface area contributed by atoms with Gasteiger partial charge in [0.1, 0.15) is 18.3 Å². The second-order valence-corrected chi connectivity index (χ2v) is 9.43. The van der Waals surface area contributed by atoms with Crippen molar-refractivity contribution in [2.45, 2.75) is 44.6 Å². The maximum absolute atomic E-state index is 13.6. The van der Waals surface area contributed by atoms with E-state index < -0.39 is 0 Å². The molecule has 2 saturated heterocycles. The van der Waals surface area contributed by atoms with Crippen LogP contribution in [0, 0.1) is 0 Å². The first-order valence-electron chi connectivity index (χ1n) is 12.5.